The molecule has 0 heterocycles. The van der Waals surface area contributed by atoms with Gasteiger partial charge in [0, 0.05) is 39.4 Å². The van der Waals surface area contributed by atoms with Crippen LogP contribution in [0.3, 0.4) is 0 Å². The van der Waals surface area contributed by atoms with Gasteiger partial charge in [0.25, 0.3) is 0 Å². The number of halogens is 1. The van der Waals surface area contributed by atoms with Crippen LogP contribution in [-0.2, 0) is 0 Å². The monoisotopic (exact) mass is 286 g/mol. The van der Waals surface area contributed by atoms with Crippen LogP contribution in [0, 0.1) is 0 Å². The van der Waals surface area contributed by atoms with Crippen LogP contribution < -0.4 is 4.90 Å². The van der Waals surface area contributed by atoms with Gasteiger partial charge in [0.1, 0.15) is 0 Å². The molecule has 108 valence electrons. The number of nitrogens with zero attached hydrogens (tertiary/aromatic N) is 2. The van der Waals surface area contributed by atoms with E-state index in [9.17, 15) is 0 Å². The Kier molecular flexibility index (Phi) is 7.16. The first-order valence-electron chi connectivity index (χ1n) is 6.44. The van der Waals surface area contributed by atoms with Gasteiger partial charge in [-0.15, -0.1) is 11.6 Å². The van der Waals surface area contributed by atoms with Gasteiger partial charge in [0.15, 0.2) is 0 Å². The van der Waals surface area contributed by atoms with Crippen molar-refractivity contribution in [2.24, 2.45) is 0 Å². The van der Waals surface area contributed by atoms with Crippen LogP contribution in [-0.4, -0.2) is 62.1 Å². The molecule has 4 nitrogen and oxygen atoms in total. The molecule has 0 aliphatic rings. The summed E-state index contributed by atoms with van der Waals surface area (Å²) in [5.41, 5.74) is 2.18. The number of benzene rings is 1. The number of hydrogen-bond acceptors (Lipinski definition) is 4. The molecule has 0 radical (unpaired) electrons. The lowest BCUT2D eigenvalue weighted by atomic mass is 10.1. The van der Waals surface area contributed by atoms with Crippen LogP contribution in [0.15, 0.2) is 24.3 Å². The Balaban J connectivity index is 2.62. The zero-order chi connectivity index (χ0) is 14.3. The maximum Gasteiger partial charge on any atom is 0.0712 e. The molecule has 2 N–H and O–H groups in total. The fourth-order valence-corrected chi connectivity index (χ4v) is 2.23. The lowest BCUT2D eigenvalue weighted by Gasteiger charge is -2.23. The van der Waals surface area contributed by atoms with Gasteiger partial charge < -0.3 is 15.1 Å². The molecule has 1 rings (SSSR count). The first-order chi connectivity index (χ1) is 9.08. The third-order valence-electron chi connectivity index (χ3n) is 3.02. The van der Waals surface area contributed by atoms with Crippen molar-refractivity contribution in [2.75, 3.05) is 51.8 Å². The van der Waals surface area contributed by atoms with E-state index in [4.69, 9.17) is 21.8 Å². The summed E-state index contributed by atoms with van der Waals surface area (Å²) in [6.07, 6.45) is 0. The highest BCUT2D eigenvalue weighted by molar-refractivity contribution is 6.21. The minimum absolute atomic E-state index is 0.0726. The summed E-state index contributed by atoms with van der Waals surface area (Å²) in [5.74, 6) is 0. The summed E-state index contributed by atoms with van der Waals surface area (Å²) >= 11 is 6.39. The average Bonchev–Trinajstić information content (AvgIpc) is 2.39. The molecule has 1 unspecified atom stereocenters. The molecule has 1 aromatic rings. The third kappa shape index (κ3) is 5.37. The predicted molar refractivity (Wildman–Crippen MR) is 80.0 cm³/mol. The fourth-order valence-electron chi connectivity index (χ4n) is 1.89. The smallest absolute Gasteiger partial charge is 0.0712 e. The van der Waals surface area contributed by atoms with Crippen molar-refractivity contribution in [3.63, 3.8) is 0 Å². The lowest BCUT2D eigenvalue weighted by Crippen LogP contribution is -2.32. The highest BCUT2D eigenvalue weighted by Crippen LogP contribution is 2.23. The van der Waals surface area contributed by atoms with Crippen molar-refractivity contribution in [3.8, 4) is 0 Å². The second kappa shape index (κ2) is 8.38. The van der Waals surface area contributed by atoms with Crippen LogP contribution in [0.1, 0.15) is 10.9 Å². The van der Waals surface area contributed by atoms with Crippen molar-refractivity contribution < 1.29 is 10.2 Å². The fraction of sp³-hybridized carbons (Fsp3) is 0.571. The van der Waals surface area contributed by atoms with E-state index in [0.29, 0.717) is 19.6 Å². The summed E-state index contributed by atoms with van der Waals surface area (Å²) < 4.78 is 0. The van der Waals surface area contributed by atoms with Gasteiger partial charge >= 0.3 is 0 Å². The largest absolute Gasteiger partial charge is 0.395 e. The van der Waals surface area contributed by atoms with E-state index in [1.54, 1.807) is 0 Å². The van der Waals surface area contributed by atoms with Gasteiger partial charge in [0.2, 0.25) is 0 Å². The first kappa shape index (κ1) is 16.2. The van der Waals surface area contributed by atoms with Crippen LogP contribution in [0.5, 0.6) is 0 Å². The summed E-state index contributed by atoms with van der Waals surface area (Å²) in [4.78, 5) is 3.99. The SMILES string of the molecule is CN(C)c1ccc(C(Cl)CN(CCO)CCO)cc1. The number of aliphatic hydroxyl groups is 2. The van der Waals surface area contributed by atoms with Crippen molar-refractivity contribution in [2.45, 2.75) is 5.38 Å². The Labute approximate surface area is 120 Å². The quantitative estimate of drug-likeness (QED) is 0.708. The number of hydrogen-bond donors (Lipinski definition) is 2. The molecule has 0 bridgehead atoms. The maximum atomic E-state index is 8.97. The van der Waals surface area contributed by atoms with E-state index in [-0.39, 0.29) is 18.6 Å². The van der Waals surface area contributed by atoms with Gasteiger partial charge in [-0.1, -0.05) is 12.1 Å². The summed E-state index contributed by atoms with van der Waals surface area (Å²) in [6, 6.07) is 8.10. The zero-order valence-corrected chi connectivity index (χ0v) is 12.3. The number of rotatable bonds is 8. The topological polar surface area (TPSA) is 46.9 Å². The standard InChI is InChI=1S/C14H23ClN2O2/c1-16(2)13-5-3-12(4-6-13)14(15)11-17(7-9-18)8-10-19/h3-6,14,18-19H,7-11H2,1-2H3. The molecular weight excluding hydrogens is 264 g/mol. The Morgan fingerprint density at radius 3 is 2.00 bits per heavy atom. The average molecular weight is 287 g/mol. The van der Waals surface area contributed by atoms with Gasteiger partial charge in [-0.25, -0.2) is 0 Å². The first-order valence-corrected chi connectivity index (χ1v) is 6.87. The van der Waals surface area contributed by atoms with Crippen molar-refractivity contribution in [1.82, 2.24) is 4.90 Å². The molecular formula is C14H23ClN2O2. The van der Waals surface area contributed by atoms with E-state index >= 15 is 0 Å². The summed E-state index contributed by atoms with van der Waals surface area (Å²) in [5, 5.41) is 17.8. The van der Waals surface area contributed by atoms with Gasteiger partial charge in [-0.3, -0.25) is 4.90 Å². The van der Waals surface area contributed by atoms with Crippen LogP contribution >= 0.6 is 11.6 Å². The molecule has 0 spiro atoms. The van der Waals surface area contributed by atoms with E-state index < -0.39 is 0 Å². The third-order valence-corrected chi connectivity index (χ3v) is 3.41. The minimum atomic E-state index is -0.144. The molecule has 0 fully saturated rings. The van der Waals surface area contributed by atoms with Crippen molar-refractivity contribution in [1.29, 1.82) is 0 Å². The number of aliphatic hydroxyl groups excluding tert-OH is 2. The van der Waals surface area contributed by atoms with Crippen LogP contribution in [0.4, 0.5) is 5.69 Å². The molecule has 0 aliphatic heterocycles. The van der Waals surface area contributed by atoms with E-state index in [0.717, 1.165) is 11.3 Å². The number of anilines is 1. The number of alkyl halides is 1. The molecule has 0 aliphatic carbocycles. The second-order valence-corrected chi connectivity index (χ2v) is 5.23. The molecule has 19 heavy (non-hydrogen) atoms. The Bertz CT molecular complexity index is 351. The molecule has 0 aromatic heterocycles. The van der Waals surface area contributed by atoms with Crippen molar-refractivity contribution >= 4 is 17.3 Å². The maximum absolute atomic E-state index is 8.97. The molecule has 0 amide bonds. The van der Waals surface area contributed by atoms with E-state index in [1.165, 1.54) is 0 Å². The predicted octanol–water partition coefficient (Wildman–Crippen LogP) is 1.32. The van der Waals surface area contributed by atoms with E-state index in [2.05, 4.69) is 0 Å². The minimum Gasteiger partial charge on any atom is -0.395 e. The second-order valence-electron chi connectivity index (χ2n) is 4.70. The summed E-state index contributed by atoms with van der Waals surface area (Å²) in [6.45, 7) is 1.81. The lowest BCUT2D eigenvalue weighted by molar-refractivity contribution is 0.161. The molecule has 1 aromatic carbocycles. The molecule has 0 saturated heterocycles. The highest BCUT2D eigenvalue weighted by atomic mass is 35.5. The molecule has 0 saturated carbocycles. The molecule has 5 heteroatoms. The summed E-state index contributed by atoms with van der Waals surface area (Å²) in [7, 11) is 3.99. The Hall–Kier alpha value is -0.810. The van der Waals surface area contributed by atoms with Gasteiger partial charge in [-0.2, -0.15) is 0 Å². The van der Waals surface area contributed by atoms with Gasteiger partial charge in [-0.05, 0) is 17.7 Å². The van der Waals surface area contributed by atoms with Crippen LogP contribution in [0.2, 0.25) is 0 Å². The van der Waals surface area contributed by atoms with Crippen molar-refractivity contribution in [3.05, 3.63) is 29.8 Å². The van der Waals surface area contributed by atoms with Gasteiger partial charge in [0.05, 0.1) is 18.6 Å². The van der Waals surface area contributed by atoms with E-state index in [1.807, 2.05) is 48.2 Å². The Morgan fingerprint density at radius 2 is 1.58 bits per heavy atom. The zero-order valence-electron chi connectivity index (χ0n) is 11.6. The molecule has 1 atom stereocenters. The normalized spacial score (nSPS) is 12.7. The highest BCUT2D eigenvalue weighted by Gasteiger charge is 2.13. The van der Waals surface area contributed by atoms with Crippen LogP contribution in [0.25, 0.3) is 0 Å². The Morgan fingerprint density at radius 1 is 1.05 bits per heavy atom.